The van der Waals surface area contributed by atoms with Crippen LogP contribution in [0.15, 0.2) is 78.9 Å². The lowest BCUT2D eigenvalue weighted by molar-refractivity contribution is -0.139. The second-order valence-electron chi connectivity index (χ2n) is 8.57. The van der Waals surface area contributed by atoms with E-state index in [1.54, 1.807) is 16.7 Å². The average molecular weight is 509 g/mol. The summed E-state index contributed by atoms with van der Waals surface area (Å²) < 4.78 is 0. The molecule has 4 nitrogen and oxygen atoms in total. The Balaban J connectivity index is 1.84. The lowest BCUT2D eigenvalue weighted by Gasteiger charge is -2.31. The third-order valence-electron chi connectivity index (χ3n) is 5.81. The maximum atomic E-state index is 13.6. The molecule has 35 heavy (non-hydrogen) atoms. The van der Waals surface area contributed by atoms with Crippen LogP contribution in [0, 0.1) is 6.92 Å². The Morgan fingerprint density at radius 3 is 2.40 bits per heavy atom. The third-order valence-corrected chi connectivity index (χ3v) is 7.01. The summed E-state index contributed by atoms with van der Waals surface area (Å²) in [5.74, 6) is 0.849. The van der Waals surface area contributed by atoms with Gasteiger partial charge in [-0.3, -0.25) is 9.59 Å². The normalized spacial score (nSPS) is 11.6. The Morgan fingerprint density at radius 1 is 0.971 bits per heavy atom. The van der Waals surface area contributed by atoms with Crippen LogP contribution in [0.4, 0.5) is 0 Å². The molecule has 0 aliphatic heterocycles. The van der Waals surface area contributed by atoms with Crippen molar-refractivity contribution < 1.29 is 9.59 Å². The lowest BCUT2D eigenvalue weighted by atomic mass is 10.0. The lowest BCUT2D eigenvalue weighted by Crippen LogP contribution is -2.51. The first kappa shape index (κ1) is 26.8. The molecule has 0 bridgehead atoms. The highest BCUT2D eigenvalue weighted by Crippen LogP contribution is 2.21. The van der Waals surface area contributed by atoms with Gasteiger partial charge in [-0.25, -0.2) is 0 Å². The second kappa shape index (κ2) is 14.0. The van der Waals surface area contributed by atoms with Crippen molar-refractivity contribution >= 4 is 35.2 Å². The van der Waals surface area contributed by atoms with Gasteiger partial charge in [0.15, 0.2) is 0 Å². The van der Waals surface area contributed by atoms with E-state index in [9.17, 15) is 9.59 Å². The summed E-state index contributed by atoms with van der Waals surface area (Å²) in [6.07, 6.45) is 1.28. The molecule has 184 valence electrons. The van der Waals surface area contributed by atoms with E-state index >= 15 is 0 Å². The zero-order valence-corrected chi connectivity index (χ0v) is 21.9. The molecule has 0 saturated heterocycles. The molecule has 3 aromatic rings. The predicted octanol–water partition coefficient (Wildman–Crippen LogP) is 6.05. The van der Waals surface area contributed by atoms with Gasteiger partial charge in [0.2, 0.25) is 11.8 Å². The van der Waals surface area contributed by atoms with E-state index in [0.29, 0.717) is 30.3 Å². The van der Waals surface area contributed by atoms with Gasteiger partial charge in [0.1, 0.15) is 6.04 Å². The molecule has 0 heterocycles. The van der Waals surface area contributed by atoms with Crippen LogP contribution < -0.4 is 5.32 Å². The number of carbonyl (C=O) groups is 2. The zero-order valence-electron chi connectivity index (χ0n) is 20.4. The van der Waals surface area contributed by atoms with Gasteiger partial charge in [0.25, 0.3) is 0 Å². The number of thioether (sulfide) groups is 1. The number of benzene rings is 3. The second-order valence-corrected chi connectivity index (χ2v) is 9.99. The number of carbonyl (C=O) groups excluding carboxylic acids is 2. The largest absolute Gasteiger partial charge is 0.354 e. The quantitative estimate of drug-likeness (QED) is 0.324. The number of aryl methyl sites for hydroxylation is 1. The molecule has 0 unspecified atom stereocenters. The van der Waals surface area contributed by atoms with Gasteiger partial charge < -0.3 is 10.2 Å². The smallest absolute Gasteiger partial charge is 0.243 e. The maximum Gasteiger partial charge on any atom is 0.243 e. The SMILES string of the molecule is CCCNC(=O)[C@@H](Cc1ccccc1)N(Cc1cccc(Cl)c1)C(=O)CSCc1ccccc1C. The molecular formula is C29H33ClN2O2S. The number of amides is 2. The first-order valence-electron chi connectivity index (χ1n) is 12.0. The molecular weight excluding hydrogens is 476 g/mol. The summed E-state index contributed by atoms with van der Waals surface area (Å²) in [4.78, 5) is 28.6. The van der Waals surface area contributed by atoms with E-state index in [-0.39, 0.29) is 11.8 Å². The van der Waals surface area contributed by atoms with Gasteiger partial charge in [-0.05, 0) is 47.7 Å². The monoisotopic (exact) mass is 508 g/mol. The van der Waals surface area contributed by atoms with Crippen molar-refractivity contribution in [2.75, 3.05) is 12.3 Å². The zero-order chi connectivity index (χ0) is 25.0. The van der Waals surface area contributed by atoms with E-state index in [1.165, 1.54) is 11.1 Å². The summed E-state index contributed by atoms with van der Waals surface area (Å²) in [5.41, 5.74) is 4.34. The number of hydrogen-bond donors (Lipinski definition) is 1. The van der Waals surface area contributed by atoms with Crippen LogP contribution in [0.5, 0.6) is 0 Å². The summed E-state index contributed by atoms with van der Waals surface area (Å²) >= 11 is 7.80. The number of rotatable bonds is 12. The van der Waals surface area contributed by atoms with E-state index < -0.39 is 6.04 Å². The maximum absolute atomic E-state index is 13.6. The van der Waals surface area contributed by atoms with Crippen LogP contribution >= 0.6 is 23.4 Å². The minimum absolute atomic E-state index is 0.0591. The molecule has 3 rings (SSSR count). The summed E-state index contributed by atoms with van der Waals surface area (Å²) in [7, 11) is 0. The molecule has 0 radical (unpaired) electrons. The predicted molar refractivity (Wildman–Crippen MR) is 147 cm³/mol. The standard InChI is InChI=1S/C29H33ClN2O2S/c1-3-16-31-29(34)27(18-23-11-5-4-6-12-23)32(19-24-13-9-15-26(30)17-24)28(33)21-35-20-25-14-8-7-10-22(25)2/h4-15,17,27H,3,16,18-21H2,1-2H3,(H,31,34)/t27-/m1/s1. The van der Waals surface area contributed by atoms with Crippen molar-refractivity contribution in [1.82, 2.24) is 10.2 Å². The van der Waals surface area contributed by atoms with Gasteiger partial charge in [0, 0.05) is 30.3 Å². The summed E-state index contributed by atoms with van der Waals surface area (Å²) in [6, 6.07) is 24.9. The van der Waals surface area contributed by atoms with E-state index in [2.05, 4.69) is 24.4 Å². The highest BCUT2D eigenvalue weighted by Gasteiger charge is 2.30. The molecule has 0 aromatic heterocycles. The van der Waals surface area contributed by atoms with Gasteiger partial charge >= 0.3 is 0 Å². The van der Waals surface area contributed by atoms with Crippen LogP contribution in [0.3, 0.4) is 0 Å². The molecule has 0 fully saturated rings. The topological polar surface area (TPSA) is 49.4 Å². The van der Waals surface area contributed by atoms with Crippen LogP contribution in [0.2, 0.25) is 5.02 Å². The van der Waals surface area contributed by atoms with Gasteiger partial charge in [-0.2, -0.15) is 0 Å². The van der Waals surface area contributed by atoms with Crippen molar-refractivity contribution in [3.8, 4) is 0 Å². The average Bonchev–Trinajstić information content (AvgIpc) is 2.86. The molecule has 3 aromatic carbocycles. The molecule has 1 N–H and O–H groups in total. The minimum atomic E-state index is -0.616. The van der Waals surface area contributed by atoms with E-state index in [1.807, 2.05) is 73.7 Å². The fraction of sp³-hybridized carbons (Fsp3) is 0.310. The van der Waals surface area contributed by atoms with Gasteiger partial charge in [-0.1, -0.05) is 85.3 Å². The minimum Gasteiger partial charge on any atom is -0.354 e. The number of nitrogens with zero attached hydrogens (tertiary/aromatic N) is 1. The number of hydrogen-bond acceptors (Lipinski definition) is 3. The van der Waals surface area contributed by atoms with Crippen LogP contribution in [-0.4, -0.2) is 35.1 Å². The Labute approximate surface area is 218 Å². The number of halogens is 1. The fourth-order valence-corrected chi connectivity index (χ4v) is 5.05. The first-order chi connectivity index (χ1) is 17.0. The molecule has 0 aliphatic rings. The third kappa shape index (κ3) is 8.44. The van der Waals surface area contributed by atoms with Crippen LogP contribution in [0.25, 0.3) is 0 Å². The van der Waals surface area contributed by atoms with Gasteiger partial charge in [-0.15, -0.1) is 11.8 Å². The highest BCUT2D eigenvalue weighted by atomic mass is 35.5. The molecule has 0 aliphatic carbocycles. The Kier molecular flexibility index (Phi) is 10.7. The molecule has 0 saturated carbocycles. The van der Waals surface area contributed by atoms with Crippen molar-refractivity contribution in [3.05, 3.63) is 106 Å². The van der Waals surface area contributed by atoms with Crippen molar-refractivity contribution in [1.29, 1.82) is 0 Å². The first-order valence-corrected chi connectivity index (χ1v) is 13.5. The Hall–Kier alpha value is -2.76. The molecule has 6 heteroatoms. The van der Waals surface area contributed by atoms with E-state index in [4.69, 9.17) is 11.6 Å². The van der Waals surface area contributed by atoms with E-state index in [0.717, 1.165) is 23.3 Å². The van der Waals surface area contributed by atoms with Gasteiger partial charge in [0.05, 0.1) is 5.75 Å². The highest BCUT2D eigenvalue weighted by molar-refractivity contribution is 7.99. The molecule has 0 spiro atoms. The summed E-state index contributed by atoms with van der Waals surface area (Å²) in [6.45, 7) is 4.99. The van der Waals surface area contributed by atoms with Crippen molar-refractivity contribution in [2.24, 2.45) is 0 Å². The Bertz CT molecular complexity index is 1110. The van der Waals surface area contributed by atoms with Crippen LogP contribution in [0.1, 0.15) is 35.6 Å². The molecule has 1 atom stereocenters. The molecule has 2 amide bonds. The fourth-order valence-electron chi connectivity index (χ4n) is 3.86. The Morgan fingerprint density at radius 2 is 1.69 bits per heavy atom. The van der Waals surface area contributed by atoms with Crippen LogP contribution in [-0.2, 0) is 28.3 Å². The van der Waals surface area contributed by atoms with Crippen molar-refractivity contribution in [3.63, 3.8) is 0 Å². The number of nitrogens with one attached hydrogen (secondary N) is 1. The van der Waals surface area contributed by atoms with Crippen molar-refractivity contribution in [2.45, 2.75) is 45.0 Å². The summed E-state index contributed by atoms with van der Waals surface area (Å²) in [5, 5.41) is 3.62.